The number of hydrogen-bond acceptors (Lipinski definition) is 1. The Morgan fingerprint density at radius 1 is 1.78 bits per heavy atom. The van der Waals surface area contributed by atoms with Gasteiger partial charge in [0.15, 0.2) is 0 Å². The molecule has 1 aliphatic carbocycles. The van der Waals surface area contributed by atoms with Crippen molar-refractivity contribution < 1.29 is 5.11 Å². The molecule has 0 aromatic rings. The predicted octanol–water partition coefficient (Wildman–Crippen LogP) is 1.58. The summed E-state index contributed by atoms with van der Waals surface area (Å²) < 4.78 is 0. The minimum Gasteiger partial charge on any atom is -0.393 e. The van der Waals surface area contributed by atoms with Crippen molar-refractivity contribution >= 4 is 0 Å². The Kier molecular flexibility index (Phi) is 1.62. The normalized spacial score (nSPS) is 36.6. The van der Waals surface area contributed by atoms with Gasteiger partial charge in [0.25, 0.3) is 0 Å². The van der Waals surface area contributed by atoms with Crippen molar-refractivity contribution in [2.45, 2.75) is 26.4 Å². The molecule has 3 unspecified atom stereocenters. The molecular weight excluding hydrogens is 112 g/mol. The third kappa shape index (κ3) is 1.01. The Bertz CT molecular complexity index is 127. The number of rotatable bonds is 2. The lowest BCUT2D eigenvalue weighted by atomic mass is 10.2. The summed E-state index contributed by atoms with van der Waals surface area (Å²) in [7, 11) is 0. The maximum atomic E-state index is 9.10. The molecule has 0 radical (unpaired) electrons. The second-order valence-electron chi connectivity index (χ2n) is 2.86. The van der Waals surface area contributed by atoms with Crippen molar-refractivity contribution in [2.75, 3.05) is 0 Å². The summed E-state index contributed by atoms with van der Waals surface area (Å²) >= 11 is 0. The molecule has 3 atom stereocenters. The monoisotopic (exact) mass is 126 g/mol. The molecule has 1 heteroatoms. The minimum atomic E-state index is -0.178. The molecule has 0 aromatic carbocycles. The summed E-state index contributed by atoms with van der Waals surface area (Å²) in [5.41, 5.74) is 1.24. The van der Waals surface area contributed by atoms with E-state index < -0.39 is 0 Å². The van der Waals surface area contributed by atoms with E-state index in [4.69, 9.17) is 5.11 Å². The van der Waals surface area contributed by atoms with Crippen LogP contribution in [0.15, 0.2) is 12.2 Å². The standard InChI is InChI=1S/C8H14O/c1-4-7-5(2)8(7)6(3)9/h6-9H,2,4H2,1,3H3. The van der Waals surface area contributed by atoms with Gasteiger partial charge in [-0.2, -0.15) is 0 Å². The van der Waals surface area contributed by atoms with Gasteiger partial charge in [-0.25, -0.2) is 0 Å². The molecule has 9 heavy (non-hydrogen) atoms. The van der Waals surface area contributed by atoms with Crippen molar-refractivity contribution in [3.8, 4) is 0 Å². The highest BCUT2D eigenvalue weighted by atomic mass is 16.3. The van der Waals surface area contributed by atoms with Crippen LogP contribution in [0.25, 0.3) is 0 Å². The fourth-order valence-electron chi connectivity index (χ4n) is 1.56. The van der Waals surface area contributed by atoms with Gasteiger partial charge >= 0.3 is 0 Å². The molecule has 0 saturated heterocycles. The van der Waals surface area contributed by atoms with Gasteiger partial charge in [-0.15, -0.1) is 0 Å². The molecule has 0 spiro atoms. The molecule has 1 rings (SSSR count). The third-order valence-corrected chi connectivity index (χ3v) is 2.19. The topological polar surface area (TPSA) is 20.2 Å². The van der Waals surface area contributed by atoms with Crippen LogP contribution >= 0.6 is 0 Å². The minimum absolute atomic E-state index is 0.178. The van der Waals surface area contributed by atoms with Gasteiger partial charge in [0, 0.05) is 5.92 Å². The predicted molar refractivity (Wildman–Crippen MR) is 38.1 cm³/mol. The average Bonchev–Trinajstić information content (AvgIpc) is 2.40. The van der Waals surface area contributed by atoms with Crippen LogP contribution in [0.1, 0.15) is 20.3 Å². The second-order valence-corrected chi connectivity index (χ2v) is 2.86. The summed E-state index contributed by atoms with van der Waals surface area (Å²) in [5.74, 6) is 1.03. The van der Waals surface area contributed by atoms with Crippen LogP contribution in [0.5, 0.6) is 0 Å². The molecule has 0 heterocycles. The van der Waals surface area contributed by atoms with Gasteiger partial charge in [-0.05, 0) is 19.3 Å². The fraction of sp³-hybridized carbons (Fsp3) is 0.750. The van der Waals surface area contributed by atoms with Crippen molar-refractivity contribution in [1.29, 1.82) is 0 Å². The van der Waals surface area contributed by atoms with E-state index in [9.17, 15) is 0 Å². The number of aliphatic hydroxyl groups excluding tert-OH is 1. The van der Waals surface area contributed by atoms with Crippen molar-refractivity contribution in [1.82, 2.24) is 0 Å². The lowest BCUT2D eigenvalue weighted by Crippen LogP contribution is -2.03. The molecule has 0 bridgehead atoms. The molecule has 0 aliphatic heterocycles. The molecule has 0 aromatic heterocycles. The first-order valence-electron chi connectivity index (χ1n) is 3.55. The van der Waals surface area contributed by atoms with Crippen LogP contribution in [-0.4, -0.2) is 11.2 Å². The highest BCUT2D eigenvalue weighted by Crippen LogP contribution is 2.48. The lowest BCUT2D eigenvalue weighted by molar-refractivity contribution is 0.167. The molecule has 1 N–H and O–H groups in total. The summed E-state index contributed by atoms with van der Waals surface area (Å²) in [4.78, 5) is 0. The smallest absolute Gasteiger partial charge is 0.0583 e. The summed E-state index contributed by atoms with van der Waals surface area (Å²) in [6.45, 7) is 7.84. The Balaban J connectivity index is 2.42. The van der Waals surface area contributed by atoms with Crippen LogP contribution in [0.4, 0.5) is 0 Å². The molecule has 1 saturated carbocycles. The highest BCUT2D eigenvalue weighted by molar-refractivity contribution is 5.27. The van der Waals surface area contributed by atoms with E-state index in [-0.39, 0.29) is 6.10 Å². The zero-order valence-electron chi connectivity index (χ0n) is 6.09. The maximum Gasteiger partial charge on any atom is 0.0583 e. The first kappa shape index (κ1) is 6.81. The summed E-state index contributed by atoms with van der Waals surface area (Å²) in [6.07, 6.45) is 0.955. The van der Waals surface area contributed by atoms with Crippen LogP contribution in [0, 0.1) is 11.8 Å². The van der Waals surface area contributed by atoms with Gasteiger partial charge in [-0.1, -0.05) is 19.1 Å². The van der Waals surface area contributed by atoms with E-state index in [1.54, 1.807) is 0 Å². The third-order valence-electron chi connectivity index (χ3n) is 2.19. The number of hydrogen-bond donors (Lipinski definition) is 1. The van der Waals surface area contributed by atoms with E-state index in [0.717, 1.165) is 6.42 Å². The van der Waals surface area contributed by atoms with Crippen LogP contribution in [0.2, 0.25) is 0 Å². The Morgan fingerprint density at radius 2 is 2.33 bits per heavy atom. The van der Waals surface area contributed by atoms with Crippen LogP contribution in [0.3, 0.4) is 0 Å². The first-order valence-corrected chi connectivity index (χ1v) is 3.55. The first-order chi connectivity index (χ1) is 4.18. The van der Waals surface area contributed by atoms with Gasteiger partial charge in [0.1, 0.15) is 0 Å². The van der Waals surface area contributed by atoms with E-state index in [2.05, 4.69) is 13.5 Å². The van der Waals surface area contributed by atoms with Gasteiger partial charge in [-0.3, -0.25) is 0 Å². The van der Waals surface area contributed by atoms with Gasteiger partial charge in [0.05, 0.1) is 6.10 Å². The van der Waals surface area contributed by atoms with E-state index >= 15 is 0 Å². The maximum absolute atomic E-state index is 9.10. The van der Waals surface area contributed by atoms with E-state index in [0.29, 0.717) is 11.8 Å². The highest BCUT2D eigenvalue weighted by Gasteiger charge is 2.43. The quantitative estimate of drug-likeness (QED) is 0.557. The fourth-order valence-corrected chi connectivity index (χ4v) is 1.56. The van der Waals surface area contributed by atoms with Gasteiger partial charge in [0.2, 0.25) is 0 Å². The van der Waals surface area contributed by atoms with Gasteiger partial charge < -0.3 is 5.11 Å². The Labute approximate surface area is 56.4 Å². The van der Waals surface area contributed by atoms with Crippen molar-refractivity contribution in [3.05, 3.63) is 12.2 Å². The second kappa shape index (κ2) is 2.14. The summed E-state index contributed by atoms with van der Waals surface area (Å²) in [6, 6.07) is 0. The average molecular weight is 126 g/mol. The van der Waals surface area contributed by atoms with Crippen LogP contribution < -0.4 is 0 Å². The zero-order valence-corrected chi connectivity index (χ0v) is 6.09. The van der Waals surface area contributed by atoms with E-state index in [1.165, 1.54) is 5.57 Å². The molecule has 0 amide bonds. The molecular formula is C8H14O. The molecule has 1 fully saturated rings. The van der Waals surface area contributed by atoms with Crippen molar-refractivity contribution in [3.63, 3.8) is 0 Å². The Hall–Kier alpha value is -0.300. The lowest BCUT2D eigenvalue weighted by Gasteiger charge is -1.97. The Morgan fingerprint density at radius 3 is 2.44 bits per heavy atom. The molecule has 1 aliphatic rings. The summed E-state index contributed by atoms with van der Waals surface area (Å²) in [5, 5.41) is 9.10. The molecule has 1 nitrogen and oxygen atoms in total. The SMILES string of the molecule is C=C1C(CC)C1C(C)O. The van der Waals surface area contributed by atoms with Crippen molar-refractivity contribution in [2.24, 2.45) is 11.8 Å². The van der Waals surface area contributed by atoms with E-state index in [1.807, 2.05) is 6.92 Å². The number of aliphatic hydroxyl groups is 1. The zero-order chi connectivity index (χ0) is 7.02. The van der Waals surface area contributed by atoms with Crippen LogP contribution in [-0.2, 0) is 0 Å². The molecule has 52 valence electrons. The largest absolute Gasteiger partial charge is 0.393 e.